The lowest BCUT2D eigenvalue weighted by molar-refractivity contribution is 0.355. The first-order chi connectivity index (χ1) is 8.36. The van der Waals surface area contributed by atoms with Gasteiger partial charge in [0.25, 0.3) is 11.0 Å². The van der Waals surface area contributed by atoms with Crippen LogP contribution in [0.1, 0.15) is 5.56 Å². The Bertz CT molecular complexity index is 580. The van der Waals surface area contributed by atoms with E-state index in [1.807, 2.05) is 0 Å². The number of thiol groups is 1. The molecule has 0 spiro atoms. The summed E-state index contributed by atoms with van der Waals surface area (Å²) in [7, 11) is -5.24. The molecule has 1 aromatic carbocycles. The molecule has 0 N–H and O–H groups in total. The Balaban J connectivity index is 2.97. The van der Waals surface area contributed by atoms with Crippen molar-refractivity contribution >= 4 is 20.8 Å². The number of rotatable bonds is 6. The molecule has 0 aromatic heterocycles. The summed E-state index contributed by atoms with van der Waals surface area (Å²) in [6.07, 6.45) is 0. The van der Waals surface area contributed by atoms with Crippen LogP contribution in [0.3, 0.4) is 0 Å². The lowest BCUT2D eigenvalue weighted by atomic mass is 10.2. The zero-order chi connectivity index (χ0) is 13.8. The van der Waals surface area contributed by atoms with Gasteiger partial charge in [-0.2, -0.15) is 0 Å². The highest BCUT2D eigenvalue weighted by molar-refractivity contribution is 7.91. The zero-order valence-corrected chi connectivity index (χ0v) is 11.6. The Morgan fingerprint density at radius 1 is 1.39 bits per heavy atom. The molecule has 1 aromatic rings. The Morgan fingerprint density at radius 3 is 2.61 bits per heavy atom. The SMILES string of the molecule is COc1[c]cc(C)c(S(=O)(=O)CCO[SH](=O)=O)c1. The number of benzene rings is 1. The van der Waals surface area contributed by atoms with Crippen LogP contribution in [0.25, 0.3) is 0 Å². The predicted octanol–water partition coefficient (Wildman–Crippen LogP) is 0.121. The molecule has 0 atom stereocenters. The monoisotopic (exact) mass is 293 g/mol. The first kappa shape index (κ1) is 14.9. The molecule has 1 radical (unpaired) electrons. The van der Waals surface area contributed by atoms with Crippen LogP contribution >= 0.6 is 0 Å². The summed E-state index contributed by atoms with van der Waals surface area (Å²) in [5, 5.41) is 0. The van der Waals surface area contributed by atoms with E-state index in [4.69, 9.17) is 4.74 Å². The van der Waals surface area contributed by atoms with Gasteiger partial charge in [-0.3, -0.25) is 4.18 Å². The Kier molecular flexibility index (Phi) is 5.12. The van der Waals surface area contributed by atoms with Crippen LogP contribution < -0.4 is 4.74 Å². The van der Waals surface area contributed by atoms with Gasteiger partial charge in [-0.25, -0.2) is 16.8 Å². The fourth-order valence-corrected chi connectivity index (χ4v) is 3.03. The molecule has 1 rings (SSSR count). The van der Waals surface area contributed by atoms with Crippen LogP contribution in [0.4, 0.5) is 0 Å². The molecule has 0 saturated heterocycles. The summed E-state index contributed by atoms with van der Waals surface area (Å²) in [5.41, 5.74) is 0.516. The van der Waals surface area contributed by atoms with Crippen molar-refractivity contribution in [3.8, 4) is 5.75 Å². The van der Waals surface area contributed by atoms with Crippen LogP contribution in [0.15, 0.2) is 17.0 Å². The van der Waals surface area contributed by atoms with Gasteiger partial charge >= 0.3 is 0 Å². The quantitative estimate of drug-likeness (QED) is 0.750. The van der Waals surface area contributed by atoms with Gasteiger partial charge in [0.05, 0.1) is 24.4 Å². The Hall–Kier alpha value is -1.12. The molecule has 0 aliphatic rings. The fraction of sp³-hybridized carbons (Fsp3) is 0.400. The average molecular weight is 293 g/mol. The summed E-state index contributed by atoms with van der Waals surface area (Å²) >= 11 is 0. The summed E-state index contributed by atoms with van der Waals surface area (Å²) < 4.78 is 53.4. The molecule has 0 fully saturated rings. The number of sulfone groups is 1. The van der Waals surface area contributed by atoms with Crippen LogP contribution in [-0.4, -0.2) is 36.3 Å². The van der Waals surface area contributed by atoms with Gasteiger partial charge in [0.1, 0.15) is 5.75 Å². The lowest BCUT2D eigenvalue weighted by Crippen LogP contribution is -2.13. The zero-order valence-electron chi connectivity index (χ0n) is 9.87. The topological polar surface area (TPSA) is 86.7 Å². The van der Waals surface area contributed by atoms with Crippen molar-refractivity contribution in [2.75, 3.05) is 19.5 Å². The van der Waals surface area contributed by atoms with Crippen molar-refractivity contribution in [1.29, 1.82) is 0 Å². The second-order valence-corrected chi connectivity index (χ2v) is 6.21. The van der Waals surface area contributed by atoms with E-state index >= 15 is 0 Å². The third-order valence-corrected chi connectivity index (χ3v) is 4.39. The molecule has 0 amide bonds. The van der Waals surface area contributed by atoms with Crippen molar-refractivity contribution < 1.29 is 25.8 Å². The van der Waals surface area contributed by atoms with Gasteiger partial charge in [-0.15, -0.1) is 0 Å². The van der Waals surface area contributed by atoms with Crippen molar-refractivity contribution in [1.82, 2.24) is 0 Å². The van der Waals surface area contributed by atoms with Gasteiger partial charge in [0, 0.05) is 6.07 Å². The molecular weight excluding hydrogens is 280 g/mol. The third kappa shape index (κ3) is 3.97. The van der Waals surface area contributed by atoms with Gasteiger partial charge in [-0.05, 0) is 24.6 Å². The molecule has 6 nitrogen and oxygen atoms in total. The number of ether oxygens (including phenoxy) is 1. The van der Waals surface area contributed by atoms with E-state index in [2.05, 4.69) is 10.2 Å². The second kappa shape index (κ2) is 6.17. The van der Waals surface area contributed by atoms with E-state index in [0.717, 1.165) is 0 Å². The van der Waals surface area contributed by atoms with Gasteiger partial charge in [-0.1, -0.05) is 0 Å². The highest BCUT2D eigenvalue weighted by Gasteiger charge is 2.18. The van der Waals surface area contributed by atoms with Gasteiger partial charge < -0.3 is 4.74 Å². The van der Waals surface area contributed by atoms with Crippen LogP contribution in [-0.2, 0) is 25.0 Å². The van der Waals surface area contributed by atoms with E-state index in [1.54, 1.807) is 6.92 Å². The average Bonchev–Trinajstić information content (AvgIpc) is 2.28. The van der Waals surface area contributed by atoms with E-state index in [0.29, 0.717) is 11.3 Å². The van der Waals surface area contributed by atoms with Crippen molar-refractivity contribution in [2.45, 2.75) is 11.8 Å². The molecule has 8 heteroatoms. The standard InChI is InChI=1S/C10H13O6S2/c1-8-3-4-9(15-2)7-10(8)18(13,14)6-5-16-17(11)12/h3,7,17H,5-6H2,1-2H3. The first-order valence-corrected chi connectivity index (χ1v) is 7.68. The smallest absolute Gasteiger partial charge is 0.257 e. The predicted molar refractivity (Wildman–Crippen MR) is 64.9 cm³/mol. The molecule has 0 bridgehead atoms. The number of hydrogen-bond acceptors (Lipinski definition) is 6. The Morgan fingerprint density at radius 2 is 2.06 bits per heavy atom. The maximum atomic E-state index is 12.0. The summed E-state index contributed by atoms with van der Waals surface area (Å²) in [6, 6.07) is 5.61. The van der Waals surface area contributed by atoms with Gasteiger partial charge in [0.2, 0.25) is 0 Å². The van der Waals surface area contributed by atoms with E-state index in [-0.39, 0.29) is 4.90 Å². The van der Waals surface area contributed by atoms with Crippen LogP contribution in [0.5, 0.6) is 5.75 Å². The Labute approximate surface area is 108 Å². The number of aryl methyl sites for hydroxylation is 1. The largest absolute Gasteiger partial charge is 0.496 e. The fourth-order valence-electron chi connectivity index (χ4n) is 1.31. The lowest BCUT2D eigenvalue weighted by Gasteiger charge is -2.08. The maximum absolute atomic E-state index is 12.0. The highest BCUT2D eigenvalue weighted by atomic mass is 32.2. The molecular formula is C10H13O6S2. The van der Waals surface area contributed by atoms with E-state index < -0.39 is 33.2 Å². The van der Waals surface area contributed by atoms with Crippen LogP contribution in [0.2, 0.25) is 0 Å². The summed E-state index contributed by atoms with van der Waals surface area (Å²) in [6.45, 7) is 1.22. The maximum Gasteiger partial charge on any atom is 0.257 e. The molecule has 0 aliphatic heterocycles. The molecule has 0 unspecified atom stereocenters. The normalized spacial score (nSPS) is 11.7. The molecule has 18 heavy (non-hydrogen) atoms. The molecule has 0 heterocycles. The van der Waals surface area contributed by atoms with Crippen LogP contribution in [0, 0.1) is 13.0 Å². The summed E-state index contributed by atoms with van der Waals surface area (Å²) in [4.78, 5) is 0.0859. The second-order valence-electron chi connectivity index (χ2n) is 3.42. The van der Waals surface area contributed by atoms with Crippen molar-refractivity contribution in [2.24, 2.45) is 0 Å². The third-order valence-electron chi connectivity index (χ3n) is 2.19. The van der Waals surface area contributed by atoms with Crippen molar-refractivity contribution in [3.05, 3.63) is 23.8 Å². The van der Waals surface area contributed by atoms with Crippen molar-refractivity contribution in [3.63, 3.8) is 0 Å². The van der Waals surface area contributed by atoms with E-state index in [9.17, 15) is 16.8 Å². The molecule has 0 saturated carbocycles. The minimum atomic E-state index is -3.61. The minimum Gasteiger partial charge on any atom is -0.496 e. The first-order valence-electron chi connectivity index (χ1n) is 4.93. The number of methoxy groups -OCH3 is 1. The molecule has 0 aliphatic carbocycles. The molecule has 101 valence electrons. The summed E-state index contributed by atoms with van der Waals surface area (Å²) in [5.74, 6) is -0.111. The van der Waals surface area contributed by atoms with E-state index in [1.165, 1.54) is 19.2 Å². The number of hydrogen-bond donors (Lipinski definition) is 1. The highest BCUT2D eigenvalue weighted by Crippen LogP contribution is 2.22. The minimum absolute atomic E-state index is 0.0859. The van der Waals surface area contributed by atoms with Gasteiger partial charge in [0.15, 0.2) is 9.84 Å².